The minimum atomic E-state index is -0.975. The number of aromatic nitrogens is 3. The van der Waals surface area contributed by atoms with E-state index in [9.17, 15) is 9.59 Å². The summed E-state index contributed by atoms with van der Waals surface area (Å²) in [5.74, 6) is -0.723. The van der Waals surface area contributed by atoms with Gasteiger partial charge >= 0.3 is 5.97 Å². The number of nitrogens with zero attached hydrogens (tertiary/aromatic N) is 2. The van der Waals surface area contributed by atoms with Crippen LogP contribution in [0.4, 0.5) is 0 Å². The van der Waals surface area contributed by atoms with Crippen molar-refractivity contribution >= 4 is 11.9 Å². The van der Waals surface area contributed by atoms with E-state index in [1.807, 2.05) is 0 Å². The molecule has 104 valence electrons. The molecule has 0 radical (unpaired) electrons. The maximum Gasteiger partial charge on any atom is 0.335 e. The molecule has 20 heavy (non-hydrogen) atoms. The molecule has 3 N–H and O–H groups in total. The summed E-state index contributed by atoms with van der Waals surface area (Å²) in [4.78, 5) is 26.6. The second-order valence-electron chi connectivity index (χ2n) is 4.21. The van der Waals surface area contributed by atoms with Gasteiger partial charge in [0.05, 0.1) is 5.56 Å². The molecule has 0 aliphatic rings. The van der Waals surface area contributed by atoms with E-state index in [4.69, 9.17) is 5.11 Å². The topological polar surface area (TPSA) is 108 Å². The zero-order chi connectivity index (χ0) is 14.5. The summed E-state index contributed by atoms with van der Waals surface area (Å²) >= 11 is 0. The normalized spacial score (nSPS) is 10.2. The van der Waals surface area contributed by atoms with Gasteiger partial charge in [-0.3, -0.25) is 9.89 Å². The van der Waals surface area contributed by atoms with Crippen LogP contribution in [0, 0.1) is 6.92 Å². The Bertz CT molecular complexity index is 636. The molecule has 0 spiro atoms. The summed E-state index contributed by atoms with van der Waals surface area (Å²) < 4.78 is 0. The van der Waals surface area contributed by atoms with Crippen molar-refractivity contribution in [3.05, 3.63) is 47.0 Å². The Morgan fingerprint density at radius 3 is 2.75 bits per heavy atom. The fraction of sp³-hybridized carbons (Fsp3) is 0.231. The molecule has 1 aromatic heterocycles. The van der Waals surface area contributed by atoms with Crippen molar-refractivity contribution in [3.8, 4) is 0 Å². The molecule has 0 unspecified atom stereocenters. The van der Waals surface area contributed by atoms with E-state index in [1.54, 1.807) is 25.1 Å². The number of benzene rings is 1. The molecule has 7 heteroatoms. The number of rotatable bonds is 5. The van der Waals surface area contributed by atoms with Gasteiger partial charge in [0.15, 0.2) is 0 Å². The molecule has 1 aromatic carbocycles. The summed E-state index contributed by atoms with van der Waals surface area (Å²) in [5.41, 5.74) is 0.918. The maximum atomic E-state index is 11.7. The standard InChI is InChI=1S/C13H14N4O3/c1-8-15-11(17-16-8)12(18)14-7-6-9-4-2-3-5-10(9)13(19)20/h2-5H,6-7H2,1H3,(H,14,18)(H,19,20)(H,15,16,17). The number of amides is 1. The van der Waals surface area contributed by atoms with Crippen LogP contribution in [0.3, 0.4) is 0 Å². The first-order chi connectivity index (χ1) is 9.58. The average Bonchev–Trinajstić information content (AvgIpc) is 2.86. The predicted molar refractivity (Wildman–Crippen MR) is 70.6 cm³/mol. The highest BCUT2D eigenvalue weighted by molar-refractivity contribution is 5.90. The highest BCUT2D eigenvalue weighted by atomic mass is 16.4. The number of aromatic amines is 1. The second-order valence-corrected chi connectivity index (χ2v) is 4.21. The number of carboxylic acids is 1. The van der Waals surface area contributed by atoms with Crippen molar-refractivity contribution < 1.29 is 14.7 Å². The third-order valence-electron chi connectivity index (χ3n) is 2.73. The van der Waals surface area contributed by atoms with Crippen molar-refractivity contribution in [2.24, 2.45) is 0 Å². The fourth-order valence-corrected chi connectivity index (χ4v) is 1.78. The zero-order valence-electron chi connectivity index (χ0n) is 10.9. The van der Waals surface area contributed by atoms with Crippen LogP contribution in [0.5, 0.6) is 0 Å². The molecular formula is C13H14N4O3. The maximum absolute atomic E-state index is 11.7. The van der Waals surface area contributed by atoms with Crippen LogP contribution in [0.25, 0.3) is 0 Å². The van der Waals surface area contributed by atoms with Gasteiger partial charge in [-0.05, 0) is 25.0 Å². The molecule has 2 rings (SSSR count). The summed E-state index contributed by atoms with van der Waals surface area (Å²) in [6, 6.07) is 6.70. The quantitative estimate of drug-likeness (QED) is 0.746. The highest BCUT2D eigenvalue weighted by Gasteiger charge is 2.12. The monoisotopic (exact) mass is 274 g/mol. The minimum absolute atomic E-state index is 0.0778. The van der Waals surface area contributed by atoms with E-state index >= 15 is 0 Å². The smallest absolute Gasteiger partial charge is 0.335 e. The van der Waals surface area contributed by atoms with Crippen molar-refractivity contribution in [1.29, 1.82) is 0 Å². The van der Waals surface area contributed by atoms with Gasteiger partial charge in [0, 0.05) is 6.54 Å². The lowest BCUT2D eigenvalue weighted by Gasteiger charge is -2.06. The molecule has 1 amide bonds. The van der Waals surface area contributed by atoms with E-state index in [-0.39, 0.29) is 17.3 Å². The van der Waals surface area contributed by atoms with Gasteiger partial charge in [-0.2, -0.15) is 0 Å². The number of hydrogen-bond acceptors (Lipinski definition) is 4. The molecule has 0 aliphatic heterocycles. The van der Waals surface area contributed by atoms with Gasteiger partial charge < -0.3 is 10.4 Å². The Morgan fingerprint density at radius 1 is 1.35 bits per heavy atom. The number of carbonyl (C=O) groups excluding carboxylic acids is 1. The van der Waals surface area contributed by atoms with E-state index in [0.29, 0.717) is 24.4 Å². The van der Waals surface area contributed by atoms with Crippen LogP contribution < -0.4 is 5.32 Å². The number of carbonyl (C=O) groups is 2. The number of carboxylic acid groups (broad SMARTS) is 1. The van der Waals surface area contributed by atoms with E-state index in [0.717, 1.165) is 0 Å². The molecule has 0 saturated heterocycles. The molecular weight excluding hydrogens is 260 g/mol. The lowest BCUT2D eigenvalue weighted by molar-refractivity contribution is 0.0695. The number of hydrogen-bond donors (Lipinski definition) is 3. The Hall–Kier alpha value is -2.70. The molecule has 2 aromatic rings. The Kier molecular flexibility index (Phi) is 4.09. The van der Waals surface area contributed by atoms with Crippen LogP contribution in [-0.2, 0) is 6.42 Å². The lowest BCUT2D eigenvalue weighted by atomic mass is 10.0. The third-order valence-corrected chi connectivity index (χ3v) is 2.73. The fourth-order valence-electron chi connectivity index (χ4n) is 1.78. The largest absolute Gasteiger partial charge is 0.478 e. The molecule has 7 nitrogen and oxygen atoms in total. The Morgan fingerprint density at radius 2 is 2.10 bits per heavy atom. The third kappa shape index (κ3) is 3.19. The van der Waals surface area contributed by atoms with E-state index in [2.05, 4.69) is 20.5 Å². The van der Waals surface area contributed by atoms with Gasteiger partial charge in [-0.15, -0.1) is 5.10 Å². The SMILES string of the molecule is Cc1nc(C(=O)NCCc2ccccc2C(=O)O)n[nH]1. The van der Waals surface area contributed by atoms with Crippen LogP contribution in [0.15, 0.2) is 24.3 Å². The lowest BCUT2D eigenvalue weighted by Crippen LogP contribution is -2.27. The minimum Gasteiger partial charge on any atom is -0.478 e. The van der Waals surface area contributed by atoms with Crippen LogP contribution in [-0.4, -0.2) is 38.7 Å². The number of nitrogens with one attached hydrogen (secondary N) is 2. The molecule has 0 bridgehead atoms. The predicted octanol–water partition coefficient (Wildman–Crippen LogP) is 0.784. The number of aryl methyl sites for hydroxylation is 1. The van der Waals surface area contributed by atoms with Crippen LogP contribution >= 0.6 is 0 Å². The van der Waals surface area contributed by atoms with Gasteiger partial charge in [0.25, 0.3) is 5.91 Å². The van der Waals surface area contributed by atoms with Crippen molar-refractivity contribution in [1.82, 2.24) is 20.5 Å². The first-order valence-corrected chi connectivity index (χ1v) is 6.06. The zero-order valence-corrected chi connectivity index (χ0v) is 10.9. The number of aromatic carboxylic acids is 1. The summed E-state index contributed by atoms with van der Waals surface area (Å²) in [6.07, 6.45) is 0.428. The average molecular weight is 274 g/mol. The highest BCUT2D eigenvalue weighted by Crippen LogP contribution is 2.09. The van der Waals surface area contributed by atoms with Gasteiger partial charge in [-0.1, -0.05) is 18.2 Å². The van der Waals surface area contributed by atoms with Gasteiger partial charge in [0.2, 0.25) is 5.82 Å². The van der Waals surface area contributed by atoms with Gasteiger partial charge in [0.1, 0.15) is 5.82 Å². The summed E-state index contributed by atoms with van der Waals surface area (Å²) in [7, 11) is 0. The van der Waals surface area contributed by atoms with E-state index < -0.39 is 5.97 Å². The first kappa shape index (κ1) is 13.7. The molecule has 0 atom stereocenters. The molecule has 0 saturated carbocycles. The Balaban J connectivity index is 1.93. The Labute approximate surface area is 115 Å². The number of H-pyrrole nitrogens is 1. The first-order valence-electron chi connectivity index (χ1n) is 6.06. The van der Waals surface area contributed by atoms with Crippen molar-refractivity contribution in [2.45, 2.75) is 13.3 Å². The van der Waals surface area contributed by atoms with Gasteiger partial charge in [-0.25, -0.2) is 9.78 Å². The van der Waals surface area contributed by atoms with E-state index in [1.165, 1.54) is 6.07 Å². The van der Waals surface area contributed by atoms with Crippen molar-refractivity contribution in [3.63, 3.8) is 0 Å². The van der Waals surface area contributed by atoms with Crippen molar-refractivity contribution in [2.75, 3.05) is 6.54 Å². The van der Waals surface area contributed by atoms with Crippen LogP contribution in [0.1, 0.15) is 32.4 Å². The molecule has 0 fully saturated rings. The second kappa shape index (κ2) is 5.96. The summed E-state index contributed by atoms with van der Waals surface area (Å²) in [6.45, 7) is 2.02. The molecule has 0 aliphatic carbocycles. The van der Waals surface area contributed by atoms with Crippen LogP contribution in [0.2, 0.25) is 0 Å². The molecule has 1 heterocycles. The summed E-state index contributed by atoms with van der Waals surface area (Å²) in [5, 5.41) is 18.0.